The van der Waals surface area contributed by atoms with Gasteiger partial charge in [-0.2, -0.15) is 0 Å². The maximum atomic E-state index is 11.9. The van der Waals surface area contributed by atoms with Crippen LogP contribution >= 0.6 is 11.6 Å². The molecule has 1 amide bonds. The molecule has 0 spiro atoms. The van der Waals surface area contributed by atoms with Crippen molar-refractivity contribution in [1.29, 1.82) is 0 Å². The molecule has 0 aliphatic rings. The van der Waals surface area contributed by atoms with Crippen LogP contribution in [0.25, 0.3) is 0 Å². The zero-order valence-corrected chi connectivity index (χ0v) is 11.8. The van der Waals surface area contributed by atoms with Gasteiger partial charge in [0.1, 0.15) is 5.15 Å². The lowest BCUT2D eigenvalue weighted by Crippen LogP contribution is -2.28. The number of halogens is 1. The van der Waals surface area contributed by atoms with Gasteiger partial charge in [0.25, 0.3) is 5.91 Å². The smallest absolute Gasteiger partial charge is 0.254 e. The lowest BCUT2D eigenvalue weighted by Gasteiger charge is -2.12. The number of benzene rings is 1. The van der Waals surface area contributed by atoms with Crippen LogP contribution in [0, 0.1) is 6.92 Å². The molecule has 1 atom stereocenters. The molecule has 20 heavy (non-hydrogen) atoms. The summed E-state index contributed by atoms with van der Waals surface area (Å²) in [6, 6.07) is 10.7. The van der Waals surface area contributed by atoms with Crippen molar-refractivity contribution in [2.75, 3.05) is 6.54 Å². The lowest BCUT2D eigenvalue weighted by atomic mass is 10.1. The van der Waals surface area contributed by atoms with E-state index in [2.05, 4.69) is 10.3 Å². The number of amides is 1. The number of rotatable bonds is 4. The molecule has 104 valence electrons. The van der Waals surface area contributed by atoms with Crippen molar-refractivity contribution in [3.63, 3.8) is 0 Å². The van der Waals surface area contributed by atoms with Gasteiger partial charge in [-0.3, -0.25) is 4.79 Å². The Bertz CT molecular complexity index is 599. The van der Waals surface area contributed by atoms with E-state index in [4.69, 9.17) is 11.6 Å². The third-order valence-corrected chi connectivity index (χ3v) is 3.22. The highest BCUT2D eigenvalue weighted by Gasteiger charge is 2.13. The minimum absolute atomic E-state index is 0.118. The zero-order valence-electron chi connectivity index (χ0n) is 11.0. The minimum Gasteiger partial charge on any atom is -0.387 e. The van der Waals surface area contributed by atoms with E-state index in [1.807, 2.05) is 31.2 Å². The van der Waals surface area contributed by atoms with E-state index >= 15 is 0 Å². The second-order valence-electron chi connectivity index (χ2n) is 4.48. The maximum Gasteiger partial charge on any atom is 0.254 e. The number of hydrogen-bond donors (Lipinski definition) is 2. The summed E-state index contributed by atoms with van der Waals surface area (Å²) < 4.78 is 0. The molecule has 0 aliphatic carbocycles. The van der Waals surface area contributed by atoms with Crippen molar-refractivity contribution in [2.24, 2.45) is 0 Å². The fourth-order valence-corrected chi connectivity index (χ4v) is 1.95. The predicted octanol–water partition coefficient (Wildman–Crippen LogP) is 2.51. The number of aliphatic hydroxyl groups is 1. The summed E-state index contributed by atoms with van der Waals surface area (Å²) in [4.78, 5) is 15.7. The second kappa shape index (κ2) is 6.50. The third-order valence-electron chi connectivity index (χ3n) is 2.92. The first-order valence-corrected chi connectivity index (χ1v) is 6.59. The van der Waals surface area contributed by atoms with Crippen LogP contribution in [0.3, 0.4) is 0 Å². The Kier molecular flexibility index (Phi) is 4.71. The van der Waals surface area contributed by atoms with Crippen LogP contribution in [0.1, 0.15) is 27.6 Å². The summed E-state index contributed by atoms with van der Waals surface area (Å²) in [7, 11) is 0. The number of hydrogen-bond acceptors (Lipinski definition) is 3. The van der Waals surface area contributed by atoms with E-state index in [-0.39, 0.29) is 17.6 Å². The number of carbonyl (C=O) groups excluding carboxylic acids is 1. The first kappa shape index (κ1) is 14.5. The molecule has 4 nitrogen and oxygen atoms in total. The Hall–Kier alpha value is -1.91. The Labute approximate surface area is 122 Å². The summed E-state index contributed by atoms with van der Waals surface area (Å²) in [5, 5.41) is 12.8. The Balaban J connectivity index is 1.97. The molecule has 0 bridgehead atoms. The highest BCUT2D eigenvalue weighted by atomic mass is 35.5. The van der Waals surface area contributed by atoms with E-state index in [1.54, 1.807) is 12.1 Å². The monoisotopic (exact) mass is 290 g/mol. The van der Waals surface area contributed by atoms with E-state index in [1.165, 1.54) is 6.20 Å². The molecule has 0 saturated heterocycles. The van der Waals surface area contributed by atoms with Gasteiger partial charge < -0.3 is 10.4 Å². The van der Waals surface area contributed by atoms with Crippen molar-refractivity contribution in [1.82, 2.24) is 10.3 Å². The van der Waals surface area contributed by atoms with Gasteiger partial charge in [-0.15, -0.1) is 0 Å². The van der Waals surface area contributed by atoms with Crippen LogP contribution in [0.15, 0.2) is 42.6 Å². The third kappa shape index (κ3) is 3.56. The van der Waals surface area contributed by atoms with Gasteiger partial charge in [-0.25, -0.2) is 4.98 Å². The molecule has 1 aromatic heterocycles. The highest BCUT2D eigenvalue weighted by molar-refractivity contribution is 6.32. The molecule has 2 rings (SSSR count). The normalized spacial score (nSPS) is 11.9. The van der Waals surface area contributed by atoms with E-state index < -0.39 is 6.10 Å². The minimum atomic E-state index is -0.755. The van der Waals surface area contributed by atoms with Crippen LogP contribution in [0.2, 0.25) is 5.15 Å². The number of nitrogens with one attached hydrogen (secondary N) is 1. The van der Waals surface area contributed by atoms with Gasteiger partial charge in [0.05, 0.1) is 11.7 Å². The summed E-state index contributed by atoms with van der Waals surface area (Å²) in [5.41, 5.74) is 2.17. The number of nitrogens with zero attached hydrogens (tertiary/aromatic N) is 1. The van der Waals surface area contributed by atoms with Crippen LogP contribution in [-0.4, -0.2) is 22.5 Å². The van der Waals surface area contributed by atoms with Crippen molar-refractivity contribution in [2.45, 2.75) is 13.0 Å². The molecule has 1 heterocycles. The molecule has 0 fully saturated rings. The van der Waals surface area contributed by atoms with Crippen molar-refractivity contribution in [3.05, 3.63) is 64.4 Å². The molecule has 2 aromatic rings. The Morgan fingerprint density at radius 3 is 2.70 bits per heavy atom. The van der Waals surface area contributed by atoms with E-state index in [0.29, 0.717) is 5.56 Å². The molecule has 5 heteroatoms. The summed E-state index contributed by atoms with van der Waals surface area (Å²) in [6.45, 7) is 2.09. The molecular weight excluding hydrogens is 276 g/mol. The number of aliphatic hydroxyl groups excluding tert-OH is 1. The van der Waals surface area contributed by atoms with E-state index in [0.717, 1.165) is 11.1 Å². The molecule has 2 N–H and O–H groups in total. The maximum absolute atomic E-state index is 11.9. The molecule has 0 radical (unpaired) electrons. The Morgan fingerprint density at radius 2 is 2.05 bits per heavy atom. The zero-order chi connectivity index (χ0) is 14.5. The van der Waals surface area contributed by atoms with Crippen LogP contribution < -0.4 is 5.32 Å². The fourth-order valence-electron chi connectivity index (χ4n) is 1.75. The standard InChI is InChI=1S/C15H15ClN2O2/c1-10-4-6-11(7-5-10)13(19)9-18-15(20)12-3-2-8-17-14(12)16/h2-8,13,19H,9H2,1H3,(H,18,20). The summed E-state index contributed by atoms with van der Waals surface area (Å²) in [6.07, 6.45) is 0.760. The van der Waals surface area contributed by atoms with Crippen molar-refractivity contribution < 1.29 is 9.90 Å². The topological polar surface area (TPSA) is 62.2 Å². The number of pyridine rings is 1. The van der Waals surface area contributed by atoms with E-state index in [9.17, 15) is 9.90 Å². The molecule has 0 saturated carbocycles. The van der Waals surface area contributed by atoms with Crippen LogP contribution in [0.4, 0.5) is 0 Å². The molecule has 1 unspecified atom stereocenters. The van der Waals surface area contributed by atoms with Gasteiger partial charge in [0.2, 0.25) is 0 Å². The largest absolute Gasteiger partial charge is 0.387 e. The van der Waals surface area contributed by atoms with Gasteiger partial charge in [0, 0.05) is 12.7 Å². The second-order valence-corrected chi connectivity index (χ2v) is 4.84. The molecule has 1 aromatic carbocycles. The lowest BCUT2D eigenvalue weighted by molar-refractivity contribution is 0.0916. The first-order valence-electron chi connectivity index (χ1n) is 6.21. The SMILES string of the molecule is Cc1ccc(C(O)CNC(=O)c2cccnc2Cl)cc1. The van der Waals surface area contributed by atoms with Crippen molar-refractivity contribution in [3.8, 4) is 0 Å². The summed E-state index contributed by atoms with van der Waals surface area (Å²) >= 11 is 5.83. The molecule has 0 aliphatic heterocycles. The quantitative estimate of drug-likeness (QED) is 0.851. The van der Waals surface area contributed by atoms with Gasteiger partial charge in [0.15, 0.2) is 0 Å². The summed E-state index contributed by atoms with van der Waals surface area (Å²) in [5.74, 6) is -0.353. The molecular formula is C15H15ClN2O2. The van der Waals surface area contributed by atoms with Crippen molar-refractivity contribution >= 4 is 17.5 Å². The number of aryl methyl sites for hydroxylation is 1. The highest BCUT2D eigenvalue weighted by Crippen LogP contribution is 2.14. The van der Waals surface area contributed by atoms with Gasteiger partial charge in [-0.1, -0.05) is 41.4 Å². The number of aromatic nitrogens is 1. The predicted molar refractivity (Wildman–Crippen MR) is 77.7 cm³/mol. The average Bonchev–Trinajstić information content (AvgIpc) is 2.45. The first-order chi connectivity index (χ1) is 9.58. The fraction of sp³-hybridized carbons (Fsp3) is 0.200. The van der Waals surface area contributed by atoms with Crippen LogP contribution in [0.5, 0.6) is 0 Å². The number of carbonyl (C=O) groups is 1. The van der Waals surface area contributed by atoms with Gasteiger partial charge in [-0.05, 0) is 24.6 Å². The van der Waals surface area contributed by atoms with Gasteiger partial charge >= 0.3 is 0 Å². The average molecular weight is 291 g/mol. The van der Waals surface area contributed by atoms with Crippen LogP contribution in [-0.2, 0) is 0 Å². The Morgan fingerprint density at radius 1 is 1.35 bits per heavy atom.